The van der Waals surface area contributed by atoms with Crippen LogP contribution in [0.15, 0.2) is 73.1 Å². The summed E-state index contributed by atoms with van der Waals surface area (Å²) in [6, 6.07) is 17.3. The highest BCUT2D eigenvalue weighted by atomic mass is 16.6. The second-order valence-corrected chi connectivity index (χ2v) is 9.12. The Hall–Kier alpha value is -3.91. The first-order valence-corrected chi connectivity index (χ1v) is 11.4. The molecule has 1 aromatic heterocycles. The number of pyridine rings is 1. The van der Waals surface area contributed by atoms with Crippen molar-refractivity contribution in [3.63, 3.8) is 0 Å². The van der Waals surface area contributed by atoms with E-state index in [2.05, 4.69) is 15.2 Å². The van der Waals surface area contributed by atoms with Gasteiger partial charge < -0.3 is 5.32 Å². The predicted octanol–water partition coefficient (Wildman–Crippen LogP) is 3.90. The van der Waals surface area contributed by atoms with Gasteiger partial charge in [-0.3, -0.25) is 29.6 Å². The van der Waals surface area contributed by atoms with Gasteiger partial charge in [0.1, 0.15) is 5.54 Å². The average molecular weight is 454 g/mol. The second-order valence-electron chi connectivity index (χ2n) is 9.12. The second kappa shape index (κ2) is 7.56. The number of carbonyl (C=O) groups excluding carboxylic acids is 2. The van der Waals surface area contributed by atoms with E-state index in [1.807, 2.05) is 30.3 Å². The van der Waals surface area contributed by atoms with Crippen molar-refractivity contribution in [1.82, 2.24) is 9.88 Å². The summed E-state index contributed by atoms with van der Waals surface area (Å²) in [5.41, 5.74) is 1.51. The SMILES string of the molecule is O=C(c1ccncc1)[C@H]1[C@@H](c2cccc([N+](=O)[O-])c2)[C@H]2CCCN2[C@@]12C(=O)Nc1ccccc12. The van der Waals surface area contributed by atoms with Crippen molar-refractivity contribution >= 4 is 23.1 Å². The van der Waals surface area contributed by atoms with Crippen LogP contribution in [0.1, 0.15) is 40.2 Å². The Morgan fingerprint density at radius 1 is 1.12 bits per heavy atom. The minimum atomic E-state index is -1.17. The number of rotatable bonds is 4. The maximum atomic E-state index is 14.2. The molecule has 2 saturated heterocycles. The molecule has 0 bridgehead atoms. The van der Waals surface area contributed by atoms with Gasteiger partial charge in [0.15, 0.2) is 5.78 Å². The number of non-ortho nitro benzene ring substituents is 1. The summed E-state index contributed by atoms with van der Waals surface area (Å²) in [6.45, 7) is 0.679. The van der Waals surface area contributed by atoms with Crippen molar-refractivity contribution in [3.05, 3.63) is 99.9 Å². The Balaban J connectivity index is 1.62. The Morgan fingerprint density at radius 2 is 1.91 bits per heavy atom. The van der Waals surface area contributed by atoms with Crippen LogP contribution < -0.4 is 5.32 Å². The van der Waals surface area contributed by atoms with Crippen molar-refractivity contribution in [2.24, 2.45) is 5.92 Å². The number of fused-ring (bicyclic) bond motifs is 4. The van der Waals surface area contributed by atoms with Gasteiger partial charge in [0.05, 0.1) is 10.8 Å². The van der Waals surface area contributed by atoms with Crippen molar-refractivity contribution in [2.45, 2.75) is 30.3 Å². The fourth-order valence-corrected chi connectivity index (χ4v) is 6.43. The third-order valence-electron chi connectivity index (χ3n) is 7.62. The maximum Gasteiger partial charge on any atom is 0.269 e. The molecule has 6 rings (SSSR count). The first-order valence-electron chi connectivity index (χ1n) is 11.4. The Bertz CT molecular complexity index is 1330. The van der Waals surface area contributed by atoms with Gasteiger partial charge in [0.2, 0.25) is 5.91 Å². The highest BCUT2D eigenvalue weighted by Crippen LogP contribution is 2.61. The van der Waals surface area contributed by atoms with Crippen LogP contribution in [0.5, 0.6) is 0 Å². The zero-order valence-corrected chi connectivity index (χ0v) is 18.3. The fourth-order valence-electron chi connectivity index (χ4n) is 6.43. The number of hydrogen-bond acceptors (Lipinski definition) is 6. The molecule has 1 N–H and O–H groups in total. The largest absolute Gasteiger partial charge is 0.324 e. The molecule has 0 aliphatic carbocycles. The third kappa shape index (κ3) is 2.72. The molecule has 1 amide bonds. The molecule has 1 spiro atoms. The Morgan fingerprint density at radius 3 is 2.71 bits per heavy atom. The minimum Gasteiger partial charge on any atom is -0.324 e. The normalized spacial score (nSPS) is 27.4. The molecule has 8 heteroatoms. The van der Waals surface area contributed by atoms with Crippen LogP contribution in [0.3, 0.4) is 0 Å². The van der Waals surface area contributed by atoms with E-state index in [0.29, 0.717) is 23.4 Å². The number of nitro groups is 1. The van der Waals surface area contributed by atoms with E-state index in [4.69, 9.17) is 0 Å². The predicted molar refractivity (Wildman–Crippen MR) is 124 cm³/mol. The molecule has 8 nitrogen and oxygen atoms in total. The molecule has 4 heterocycles. The lowest BCUT2D eigenvalue weighted by atomic mass is 9.69. The van der Waals surface area contributed by atoms with Crippen LogP contribution in [0.4, 0.5) is 11.4 Å². The third-order valence-corrected chi connectivity index (χ3v) is 7.62. The lowest BCUT2D eigenvalue weighted by Crippen LogP contribution is -2.52. The van der Waals surface area contributed by atoms with Crippen LogP contribution in [0, 0.1) is 16.0 Å². The highest BCUT2D eigenvalue weighted by Gasteiger charge is 2.69. The van der Waals surface area contributed by atoms with Crippen molar-refractivity contribution in [1.29, 1.82) is 0 Å². The molecule has 170 valence electrons. The van der Waals surface area contributed by atoms with E-state index in [9.17, 15) is 19.7 Å². The molecule has 3 aliphatic heterocycles. The first kappa shape index (κ1) is 20.7. The van der Waals surface area contributed by atoms with Crippen molar-refractivity contribution in [3.8, 4) is 0 Å². The average Bonchev–Trinajstić information content (AvgIpc) is 3.52. The van der Waals surface area contributed by atoms with E-state index in [-0.39, 0.29) is 29.3 Å². The number of amides is 1. The molecule has 3 aromatic rings. The number of benzene rings is 2. The molecular weight excluding hydrogens is 432 g/mol. The molecule has 4 atom stereocenters. The minimum absolute atomic E-state index is 0.0191. The summed E-state index contributed by atoms with van der Waals surface area (Å²) in [5, 5.41) is 14.6. The number of para-hydroxylation sites is 1. The van der Waals surface area contributed by atoms with E-state index >= 15 is 0 Å². The molecule has 0 radical (unpaired) electrons. The number of Topliss-reactive ketones (excluding diaryl/α,β-unsaturated/α-hetero) is 1. The lowest BCUT2D eigenvalue weighted by molar-refractivity contribution is -0.384. The van der Waals surface area contributed by atoms with Crippen molar-refractivity contribution < 1.29 is 14.5 Å². The highest BCUT2D eigenvalue weighted by molar-refractivity contribution is 6.12. The van der Waals surface area contributed by atoms with Crippen LogP contribution in [0.25, 0.3) is 0 Å². The number of hydrogen-bond donors (Lipinski definition) is 1. The van der Waals surface area contributed by atoms with Gasteiger partial charge in [-0.2, -0.15) is 0 Å². The fraction of sp³-hybridized carbons (Fsp3) is 0.269. The zero-order chi connectivity index (χ0) is 23.4. The van der Waals surface area contributed by atoms with Crippen molar-refractivity contribution in [2.75, 3.05) is 11.9 Å². The summed E-state index contributed by atoms with van der Waals surface area (Å²) in [4.78, 5) is 45.5. The van der Waals surface area contributed by atoms with E-state index < -0.39 is 16.4 Å². The standard InChI is InChI=1S/C26H22N4O4/c31-24(16-10-12-27-13-11-16)23-22(17-5-3-6-18(15-17)30(33)34)21-9-4-14-29(21)26(23)19-7-1-2-8-20(19)28-25(26)32/h1-3,5-8,10-13,15,21-23H,4,9,14H2,(H,28,32)/t21-,22+,23-,26-/m1/s1. The number of aromatic nitrogens is 1. The summed E-state index contributed by atoms with van der Waals surface area (Å²) in [7, 11) is 0. The quantitative estimate of drug-likeness (QED) is 0.364. The molecule has 2 aromatic carbocycles. The number of carbonyl (C=O) groups is 2. The topological polar surface area (TPSA) is 105 Å². The zero-order valence-electron chi connectivity index (χ0n) is 18.3. The van der Waals surface area contributed by atoms with Gasteiger partial charge in [-0.15, -0.1) is 0 Å². The van der Waals surface area contributed by atoms with Crippen LogP contribution in [-0.2, 0) is 10.3 Å². The molecule has 34 heavy (non-hydrogen) atoms. The summed E-state index contributed by atoms with van der Waals surface area (Å²) in [5.74, 6) is -1.48. The number of ketones is 1. The lowest BCUT2D eigenvalue weighted by Gasteiger charge is -2.36. The van der Waals surface area contributed by atoms with Gasteiger partial charge in [0.25, 0.3) is 5.69 Å². The Labute approximate surface area is 195 Å². The number of nitrogens with one attached hydrogen (secondary N) is 1. The van der Waals surface area contributed by atoms with Crippen LogP contribution in [-0.4, -0.2) is 39.1 Å². The summed E-state index contributed by atoms with van der Waals surface area (Å²) < 4.78 is 0. The Kier molecular flexibility index (Phi) is 4.60. The summed E-state index contributed by atoms with van der Waals surface area (Å²) in [6.07, 6.45) is 4.84. The number of anilines is 1. The van der Waals surface area contributed by atoms with Gasteiger partial charge >= 0.3 is 0 Å². The number of nitrogens with zero attached hydrogens (tertiary/aromatic N) is 3. The summed E-state index contributed by atoms with van der Waals surface area (Å²) >= 11 is 0. The monoisotopic (exact) mass is 454 g/mol. The van der Waals surface area contributed by atoms with Gasteiger partial charge in [-0.1, -0.05) is 30.3 Å². The molecule has 2 fully saturated rings. The van der Waals surface area contributed by atoms with Gasteiger partial charge in [-0.05, 0) is 43.1 Å². The van der Waals surface area contributed by atoms with E-state index in [1.54, 1.807) is 36.7 Å². The van der Waals surface area contributed by atoms with Gasteiger partial charge in [-0.25, -0.2) is 0 Å². The van der Waals surface area contributed by atoms with Gasteiger partial charge in [0, 0.05) is 53.3 Å². The number of nitro benzene ring substituents is 1. The maximum absolute atomic E-state index is 14.2. The smallest absolute Gasteiger partial charge is 0.269 e. The van der Waals surface area contributed by atoms with Crippen LogP contribution in [0.2, 0.25) is 0 Å². The van der Waals surface area contributed by atoms with Crippen LogP contribution >= 0.6 is 0 Å². The first-order chi connectivity index (χ1) is 16.5. The molecular formula is C26H22N4O4. The van der Waals surface area contributed by atoms with E-state index in [1.165, 1.54) is 6.07 Å². The molecule has 0 saturated carbocycles. The molecule has 0 unspecified atom stereocenters. The molecule has 3 aliphatic rings. The van der Waals surface area contributed by atoms with E-state index in [0.717, 1.165) is 18.4 Å².